The van der Waals surface area contributed by atoms with E-state index in [2.05, 4.69) is 41.7 Å². The molecule has 0 aliphatic heterocycles. The summed E-state index contributed by atoms with van der Waals surface area (Å²) in [6, 6.07) is 4.04. The number of alkyl halides is 1. The molecule has 1 unspecified atom stereocenters. The van der Waals surface area contributed by atoms with Crippen LogP contribution in [0.3, 0.4) is 0 Å². The lowest BCUT2D eigenvalue weighted by Crippen LogP contribution is -2.19. The maximum absolute atomic E-state index is 5.90. The maximum Gasteiger partial charge on any atom is 0.140 e. The Labute approximate surface area is 113 Å². The quantitative estimate of drug-likeness (QED) is 0.741. The zero-order chi connectivity index (χ0) is 12.8. The number of pyridine rings is 1. The zero-order valence-electron chi connectivity index (χ0n) is 11.2. The van der Waals surface area contributed by atoms with Crippen LogP contribution in [0.4, 0.5) is 0 Å². The normalized spacial score (nSPS) is 12.8. The van der Waals surface area contributed by atoms with Crippen molar-refractivity contribution in [3.63, 3.8) is 0 Å². The Kier molecular flexibility index (Phi) is 5.96. The zero-order valence-corrected chi connectivity index (χ0v) is 12.8. The molecule has 1 aromatic rings. The smallest absolute Gasteiger partial charge is 0.140 e. The van der Waals surface area contributed by atoms with Crippen molar-refractivity contribution in [3.05, 3.63) is 23.5 Å². The van der Waals surface area contributed by atoms with E-state index in [-0.39, 0.29) is 0 Å². The van der Waals surface area contributed by atoms with Gasteiger partial charge in [-0.05, 0) is 31.4 Å². The van der Waals surface area contributed by atoms with Gasteiger partial charge >= 0.3 is 0 Å². The van der Waals surface area contributed by atoms with Gasteiger partial charge in [0.15, 0.2) is 0 Å². The van der Waals surface area contributed by atoms with Crippen molar-refractivity contribution in [3.8, 4) is 5.75 Å². The van der Waals surface area contributed by atoms with Crippen molar-refractivity contribution in [1.29, 1.82) is 0 Å². The Balaban J connectivity index is 2.68. The maximum atomic E-state index is 5.90. The molecule has 0 spiro atoms. The van der Waals surface area contributed by atoms with Gasteiger partial charge in [-0.2, -0.15) is 0 Å². The topological polar surface area (TPSA) is 22.1 Å². The SMILES string of the molecule is CCc1nc(C)ccc1OCC(CBr)C(C)C. The number of ether oxygens (including phenoxy) is 1. The first-order valence-electron chi connectivity index (χ1n) is 6.23. The summed E-state index contributed by atoms with van der Waals surface area (Å²) < 4.78 is 5.90. The molecule has 0 radical (unpaired) electrons. The third-order valence-electron chi connectivity index (χ3n) is 3.00. The summed E-state index contributed by atoms with van der Waals surface area (Å²) in [5.74, 6) is 2.10. The van der Waals surface area contributed by atoms with Crippen LogP contribution in [0.5, 0.6) is 5.75 Å². The summed E-state index contributed by atoms with van der Waals surface area (Å²) in [5.41, 5.74) is 2.11. The molecule has 0 saturated carbocycles. The third-order valence-corrected chi connectivity index (χ3v) is 3.83. The average Bonchev–Trinajstić information content (AvgIpc) is 2.31. The minimum atomic E-state index is 0.543. The largest absolute Gasteiger partial charge is 0.491 e. The van der Waals surface area contributed by atoms with Crippen molar-refractivity contribution in [1.82, 2.24) is 4.98 Å². The van der Waals surface area contributed by atoms with Crippen molar-refractivity contribution < 1.29 is 4.74 Å². The van der Waals surface area contributed by atoms with E-state index < -0.39 is 0 Å². The Morgan fingerprint density at radius 2 is 2.06 bits per heavy atom. The molecular weight excluding hydrogens is 278 g/mol. The second kappa shape index (κ2) is 7.00. The molecule has 0 aliphatic carbocycles. The molecule has 1 rings (SSSR count). The minimum Gasteiger partial charge on any atom is -0.491 e. The summed E-state index contributed by atoms with van der Waals surface area (Å²) in [4.78, 5) is 4.50. The molecular formula is C14H22BrNO. The molecule has 0 fully saturated rings. The summed E-state index contributed by atoms with van der Waals surface area (Å²) >= 11 is 3.54. The first-order valence-corrected chi connectivity index (χ1v) is 7.35. The van der Waals surface area contributed by atoms with Crippen molar-refractivity contribution in [2.45, 2.75) is 34.1 Å². The first kappa shape index (κ1) is 14.5. The predicted molar refractivity (Wildman–Crippen MR) is 76.0 cm³/mol. The Bertz CT molecular complexity index is 352. The lowest BCUT2D eigenvalue weighted by atomic mass is 9.99. The number of aromatic nitrogens is 1. The summed E-state index contributed by atoms with van der Waals surface area (Å²) in [6.07, 6.45) is 0.914. The fraction of sp³-hybridized carbons (Fsp3) is 0.643. The molecule has 0 bridgehead atoms. The average molecular weight is 300 g/mol. The van der Waals surface area contributed by atoms with E-state index in [1.165, 1.54) is 0 Å². The highest BCUT2D eigenvalue weighted by atomic mass is 79.9. The molecule has 96 valence electrons. The lowest BCUT2D eigenvalue weighted by Gasteiger charge is -2.19. The molecule has 0 N–H and O–H groups in total. The van der Waals surface area contributed by atoms with Gasteiger partial charge in [-0.25, -0.2) is 0 Å². The second-order valence-electron chi connectivity index (χ2n) is 4.72. The summed E-state index contributed by atoms with van der Waals surface area (Å²) in [5, 5.41) is 0.978. The van der Waals surface area contributed by atoms with Gasteiger partial charge in [0.25, 0.3) is 0 Å². The van der Waals surface area contributed by atoms with E-state index in [0.717, 1.165) is 35.5 Å². The van der Waals surface area contributed by atoms with Gasteiger partial charge < -0.3 is 4.74 Å². The number of aryl methyl sites for hydroxylation is 2. The molecule has 0 aromatic carbocycles. The van der Waals surface area contributed by atoms with Gasteiger partial charge in [-0.1, -0.05) is 36.7 Å². The fourth-order valence-electron chi connectivity index (χ4n) is 1.59. The van der Waals surface area contributed by atoms with E-state index in [9.17, 15) is 0 Å². The molecule has 1 heterocycles. The molecule has 0 aliphatic rings. The molecule has 2 nitrogen and oxygen atoms in total. The van der Waals surface area contributed by atoms with Crippen LogP contribution in [0, 0.1) is 18.8 Å². The van der Waals surface area contributed by atoms with Crippen LogP contribution in [0.25, 0.3) is 0 Å². The van der Waals surface area contributed by atoms with Gasteiger partial charge in [0, 0.05) is 16.9 Å². The number of hydrogen-bond donors (Lipinski definition) is 0. The van der Waals surface area contributed by atoms with Gasteiger partial charge in [0.05, 0.1) is 12.3 Å². The van der Waals surface area contributed by atoms with Crippen LogP contribution in [0.1, 0.15) is 32.2 Å². The van der Waals surface area contributed by atoms with E-state index in [1.807, 2.05) is 19.1 Å². The fourth-order valence-corrected chi connectivity index (χ4v) is 2.53. The number of rotatable bonds is 6. The molecule has 1 aromatic heterocycles. The van der Waals surface area contributed by atoms with Gasteiger partial charge in [-0.3, -0.25) is 4.98 Å². The third kappa shape index (κ3) is 4.30. The van der Waals surface area contributed by atoms with Crippen molar-refractivity contribution in [2.24, 2.45) is 11.8 Å². The van der Waals surface area contributed by atoms with E-state index in [4.69, 9.17) is 4.74 Å². The highest BCUT2D eigenvalue weighted by Crippen LogP contribution is 2.20. The van der Waals surface area contributed by atoms with Crippen molar-refractivity contribution >= 4 is 15.9 Å². The van der Waals surface area contributed by atoms with Gasteiger partial charge in [0.1, 0.15) is 5.75 Å². The van der Waals surface area contributed by atoms with Crippen molar-refractivity contribution in [2.75, 3.05) is 11.9 Å². The number of nitrogens with zero attached hydrogens (tertiary/aromatic N) is 1. The van der Waals surface area contributed by atoms with Crippen LogP contribution in [-0.4, -0.2) is 16.9 Å². The standard InChI is InChI=1S/C14H22BrNO/c1-5-13-14(7-6-11(4)16-13)17-9-12(8-15)10(2)3/h6-7,10,12H,5,8-9H2,1-4H3. The Hall–Kier alpha value is -0.570. The van der Waals surface area contributed by atoms with Crippen LogP contribution in [0.15, 0.2) is 12.1 Å². The molecule has 0 amide bonds. The van der Waals surface area contributed by atoms with E-state index in [1.54, 1.807) is 0 Å². The second-order valence-corrected chi connectivity index (χ2v) is 5.37. The predicted octanol–water partition coefficient (Wildman–Crippen LogP) is 4.00. The molecule has 17 heavy (non-hydrogen) atoms. The van der Waals surface area contributed by atoms with E-state index in [0.29, 0.717) is 11.8 Å². The Morgan fingerprint density at radius 3 is 2.59 bits per heavy atom. The minimum absolute atomic E-state index is 0.543. The lowest BCUT2D eigenvalue weighted by molar-refractivity contribution is 0.225. The molecule has 0 saturated heterocycles. The monoisotopic (exact) mass is 299 g/mol. The first-order chi connectivity index (χ1) is 8.08. The molecule has 3 heteroatoms. The number of hydrogen-bond acceptors (Lipinski definition) is 2. The van der Waals surface area contributed by atoms with Crippen LogP contribution < -0.4 is 4.74 Å². The highest BCUT2D eigenvalue weighted by molar-refractivity contribution is 9.09. The van der Waals surface area contributed by atoms with Crippen LogP contribution >= 0.6 is 15.9 Å². The highest BCUT2D eigenvalue weighted by Gasteiger charge is 2.13. The van der Waals surface area contributed by atoms with Gasteiger partial charge in [0.2, 0.25) is 0 Å². The summed E-state index contributed by atoms with van der Waals surface area (Å²) in [7, 11) is 0. The van der Waals surface area contributed by atoms with Crippen LogP contribution in [-0.2, 0) is 6.42 Å². The summed E-state index contributed by atoms with van der Waals surface area (Å²) in [6.45, 7) is 9.32. The van der Waals surface area contributed by atoms with Gasteiger partial charge in [-0.15, -0.1) is 0 Å². The number of halogens is 1. The van der Waals surface area contributed by atoms with E-state index >= 15 is 0 Å². The van der Waals surface area contributed by atoms with Crippen LogP contribution in [0.2, 0.25) is 0 Å². The Morgan fingerprint density at radius 1 is 1.35 bits per heavy atom. The molecule has 1 atom stereocenters.